The topological polar surface area (TPSA) is 28.2 Å². The highest BCUT2D eigenvalue weighted by atomic mass is 15.2. The minimum absolute atomic E-state index is 0.537. The minimum Gasteiger partial charge on any atom is -0.357 e. The van der Waals surface area contributed by atoms with E-state index in [0.29, 0.717) is 6.04 Å². The van der Waals surface area contributed by atoms with Crippen molar-refractivity contribution in [2.24, 2.45) is 0 Å². The molecule has 2 saturated heterocycles. The molecule has 3 rings (SSSR count). The van der Waals surface area contributed by atoms with Gasteiger partial charge in [0, 0.05) is 25.3 Å². The number of anilines is 1. The lowest BCUT2D eigenvalue weighted by molar-refractivity contribution is 0.640. The second-order valence-electron chi connectivity index (χ2n) is 5.24. The first kappa shape index (κ1) is 11.0. The van der Waals surface area contributed by atoms with Gasteiger partial charge in [0.2, 0.25) is 0 Å². The summed E-state index contributed by atoms with van der Waals surface area (Å²) >= 11 is 0. The van der Waals surface area contributed by atoms with Gasteiger partial charge in [-0.05, 0) is 56.3 Å². The lowest BCUT2D eigenvalue weighted by Gasteiger charge is -2.19. The monoisotopic (exact) mass is 231 g/mol. The fourth-order valence-corrected chi connectivity index (χ4v) is 2.99. The van der Waals surface area contributed by atoms with Gasteiger partial charge in [-0.25, -0.2) is 4.98 Å². The van der Waals surface area contributed by atoms with E-state index >= 15 is 0 Å². The van der Waals surface area contributed by atoms with Crippen LogP contribution in [0.2, 0.25) is 0 Å². The van der Waals surface area contributed by atoms with E-state index in [0.717, 1.165) is 6.54 Å². The summed E-state index contributed by atoms with van der Waals surface area (Å²) in [5.41, 5.74) is 2.78. The Morgan fingerprint density at radius 3 is 2.76 bits per heavy atom. The zero-order valence-corrected chi connectivity index (χ0v) is 10.6. The van der Waals surface area contributed by atoms with Crippen LogP contribution in [-0.2, 0) is 0 Å². The van der Waals surface area contributed by atoms with Crippen LogP contribution >= 0.6 is 0 Å². The lowest BCUT2D eigenvalue weighted by atomic mass is 10.0. The first-order chi connectivity index (χ1) is 8.34. The third kappa shape index (κ3) is 2.16. The summed E-state index contributed by atoms with van der Waals surface area (Å²) in [5, 5.41) is 3.55. The number of nitrogens with zero attached hydrogens (tertiary/aromatic N) is 2. The molecule has 3 heteroatoms. The van der Waals surface area contributed by atoms with Gasteiger partial charge in [0.25, 0.3) is 0 Å². The first-order valence-electron chi connectivity index (χ1n) is 6.79. The Morgan fingerprint density at radius 2 is 2.12 bits per heavy atom. The zero-order valence-electron chi connectivity index (χ0n) is 10.6. The van der Waals surface area contributed by atoms with Crippen molar-refractivity contribution in [3.05, 3.63) is 23.4 Å². The van der Waals surface area contributed by atoms with Crippen molar-refractivity contribution in [3.63, 3.8) is 0 Å². The standard InChI is InChI=1S/C14H21N3/c1-11-9-14(17-7-2-3-8-17)16-10-12(11)13-5-4-6-15-13/h9-10,13,15H,2-8H2,1H3/t13-/m1/s1. The number of rotatable bonds is 2. The molecular formula is C14H21N3. The predicted octanol–water partition coefficient (Wildman–Crippen LogP) is 2.41. The van der Waals surface area contributed by atoms with E-state index in [4.69, 9.17) is 0 Å². The van der Waals surface area contributed by atoms with Crippen LogP contribution in [0.3, 0.4) is 0 Å². The molecular weight excluding hydrogens is 210 g/mol. The van der Waals surface area contributed by atoms with E-state index < -0.39 is 0 Å². The molecule has 0 aromatic carbocycles. The molecule has 2 fully saturated rings. The molecule has 1 N–H and O–H groups in total. The van der Waals surface area contributed by atoms with E-state index in [-0.39, 0.29) is 0 Å². The van der Waals surface area contributed by atoms with Gasteiger partial charge in [0.15, 0.2) is 0 Å². The third-order valence-corrected chi connectivity index (χ3v) is 4.00. The van der Waals surface area contributed by atoms with E-state index in [9.17, 15) is 0 Å². The average Bonchev–Trinajstić information content (AvgIpc) is 3.02. The number of hydrogen-bond acceptors (Lipinski definition) is 3. The van der Waals surface area contributed by atoms with Gasteiger partial charge in [-0.1, -0.05) is 0 Å². The summed E-state index contributed by atoms with van der Waals surface area (Å²) in [4.78, 5) is 7.05. The highest BCUT2D eigenvalue weighted by Gasteiger charge is 2.20. The second-order valence-corrected chi connectivity index (χ2v) is 5.24. The molecule has 0 amide bonds. The van der Waals surface area contributed by atoms with Gasteiger partial charge in [0.05, 0.1) is 0 Å². The van der Waals surface area contributed by atoms with Crippen molar-refractivity contribution >= 4 is 5.82 Å². The SMILES string of the molecule is Cc1cc(N2CCCC2)ncc1[C@H]1CCCN1. The van der Waals surface area contributed by atoms with Crippen molar-refractivity contribution < 1.29 is 0 Å². The summed E-state index contributed by atoms with van der Waals surface area (Å²) < 4.78 is 0. The molecule has 0 spiro atoms. The average molecular weight is 231 g/mol. The Morgan fingerprint density at radius 1 is 1.29 bits per heavy atom. The summed E-state index contributed by atoms with van der Waals surface area (Å²) in [6.07, 6.45) is 7.26. The van der Waals surface area contributed by atoms with Gasteiger partial charge in [-0.2, -0.15) is 0 Å². The maximum atomic E-state index is 4.65. The predicted molar refractivity (Wildman–Crippen MR) is 70.4 cm³/mol. The zero-order chi connectivity index (χ0) is 11.7. The quantitative estimate of drug-likeness (QED) is 0.847. The molecule has 1 aromatic rings. The largest absolute Gasteiger partial charge is 0.357 e. The number of hydrogen-bond donors (Lipinski definition) is 1. The van der Waals surface area contributed by atoms with Gasteiger partial charge in [-0.3, -0.25) is 0 Å². The smallest absolute Gasteiger partial charge is 0.128 e. The van der Waals surface area contributed by atoms with Crippen molar-refractivity contribution in [3.8, 4) is 0 Å². The first-order valence-corrected chi connectivity index (χ1v) is 6.79. The van der Waals surface area contributed by atoms with E-state index in [1.54, 1.807) is 0 Å². The van der Waals surface area contributed by atoms with Crippen LogP contribution in [0.15, 0.2) is 12.3 Å². The van der Waals surface area contributed by atoms with Crippen molar-refractivity contribution in [1.29, 1.82) is 0 Å². The van der Waals surface area contributed by atoms with Crippen LogP contribution in [0.5, 0.6) is 0 Å². The molecule has 17 heavy (non-hydrogen) atoms. The number of nitrogens with one attached hydrogen (secondary N) is 1. The van der Waals surface area contributed by atoms with Crippen LogP contribution in [0.25, 0.3) is 0 Å². The van der Waals surface area contributed by atoms with E-state index in [1.807, 2.05) is 0 Å². The van der Waals surface area contributed by atoms with Crippen molar-refractivity contribution in [1.82, 2.24) is 10.3 Å². The fourth-order valence-electron chi connectivity index (χ4n) is 2.99. The second kappa shape index (κ2) is 4.65. The van der Waals surface area contributed by atoms with Gasteiger partial charge in [0.1, 0.15) is 5.82 Å². The van der Waals surface area contributed by atoms with Crippen molar-refractivity contribution in [2.45, 2.75) is 38.6 Å². The summed E-state index contributed by atoms with van der Waals surface area (Å²) in [7, 11) is 0. The van der Waals surface area contributed by atoms with E-state index in [1.165, 1.54) is 55.7 Å². The third-order valence-electron chi connectivity index (χ3n) is 4.00. The van der Waals surface area contributed by atoms with Crippen LogP contribution in [-0.4, -0.2) is 24.6 Å². The fraction of sp³-hybridized carbons (Fsp3) is 0.643. The highest BCUT2D eigenvalue weighted by Crippen LogP contribution is 2.28. The summed E-state index contributed by atoms with van der Waals surface area (Å²) in [6.45, 7) is 5.72. The molecule has 1 aromatic heterocycles. The molecule has 0 unspecified atom stereocenters. The highest BCUT2D eigenvalue weighted by molar-refractivity contribution is 5.45. The van der Waals surface area contributed by atoms with Gasteiger partial charge >= 0.3 is 0 Å². The van der Waals surface area contributed by atoms with Crippen LogP contribution in [0.1, 0.15) is 42.9 Å². The molecule has 0 bridgehead atoms. The number of pyridine rings is 1. The molecule has 0 aliphatic carbocycles. The normalized spacial score (nSPS) is 24.5. The Balaban J connectivity index is 1.82. The molecule has 0 radical (unpaired) electrons. The Hall–Kier alpha value is -1.09. The Bertz CT molecular complexity index is 390. The molecule has 2 aliphatic rings. The number of aryl methyl sites for hydroxylation is 1. The molecule has 3 nitrogen and oxygen atoms in total. The Kier molecular flexibility index (Phi) is 3.02. The molecule has 3 heterocycles. The number of aromatic nitrogens is 1. The molecule has 92 valence electrons. The summed E-state index contributed by atoms with van der Waals surface area (Å²) in [6, 6.07) is 2.80. The Labute approximate surface area is 103 Å². The molecule has 2 aliphatic heterocycles. The lowest BCUT2D eigenvalue weighted by Crippen LogP contribution is -2.20. The van der Waals surface area contributed by atoms with Gasteiger partial charge < -0.3 is 10.2 Å². The molecule has 1 atom stereocenters. The van der Waals surface area contributed by atoms with E-state index in [2.05, 4.69) is 34.4 Å². The van der Waals surface area contributed by atoms with Crippen LogP contribution < -0.4 is 10.2 Å². The van der Waals surface area contributed by atoms with Crippen molar-refractivity contribution in [2.75, 3.05) is 24.5 Å². The minimum atomic E-state index is 0.537. The maximum absolute atomic E-state index is 4.65. The van der Waals surface area contributed by atoms with Gasteiger partial charge in [-0.15, -0.1) is 0 Å². The van der Waals surface area contributed by atoms with Crippen LogP contribution in [0, 0.1) is 6.92 Å². The summed E-state index contributed by atoms with van der Waals surface area (Å²) in [5.74, 6) is 1.17. The maximum Gasteiger partial charge on any atom is 0.128 e. The molecule has 0 saturated carbocycles. The van der Waals surface area contributed by atoms with Crippen LogP contribution in [0.4, 0.5) is 5.82 Å².